The standard InChI is InChI=1S/C26H32N2O4.C21H24N2O2.ClH/c1-25(2,3)32-24(30)28-15-14-21-22(16-28)26(21,20-12-8-5-9-13-20)18-27-23(29)31-17-19-10-6-4-7-11-19;24-20(25-14-16-7-3-1-4-8-16)23-15-21(17-9-5-2-6-10-17)18-11-12-22-13-19(18)21;/h4-13,21-22H,14-18H2,1-3H3,(H,27,29);1-10,18-19,22H,11-15H2,(H,23,24);1H. The van der Waals surface area contributed by atoms with E-state index < -0.39 is 11.7 Å². The van der Waals surface area contributed by atoms with Crippen LogP contribution in [-0.2, 0) is 38.3 Å². The van der Waals surface area contributed by atoms with Gasteiger partial charge in [-0.3, -0.25) is 0 Å². The summed E-state index contributed by atoms with van der Waals surface area (Å²) in [4.78, 5) is 39.1. The second-order valence-corrected chi connectivity index (χ2v) is 16.8. The van der Waals surface area contributed by atoms with Gasteiger partial charge in [0.15, 0.2) is 0 Å². The minimum atomic E-state index is -0.516. The van der Waals surface area contributed by atoms with E-state index in [4.69, 9.17) is 14.2 Å². The summed E-state index contributed by atoms with van der Waals surface area (Å²) in [7, 11) is 0. The Bertz CT molecular complexity index is 1940. The highest BCUT2D eigenvalue weighted by Gasteiger charge is 2.67. The van der Waals surface area contributed by atoms with Crippen LogP contribution < -0.4 is 16.0 Å². The zero-order chi connectivity index (χ0) is 39.9. The molecule has 0 spiro atoms. The fourth-order valence-electron chi connectivity index (χ4n) is 9.44. The molecule has 0 bridgehead atoms. The Morgan fingerprint density at radius 1 is 0.655 bits per heavy atom. The average molecular weight is 809 g/mol. The highest BCUT2D eigenvalue weighted by atomic mass is 35.5. The van der Waals surface area contributed by atoms with E-state index in [2.05, 4.69) is 52.3 Å². The van der Waals surface area contributed by atoms with Crippen LogP contribution in [0.3, 0.4) is 0 Å². The number of nitrogens with zero attached hydrogens (tertiary/aromatic N) is 1. The first-order chi connectivity index (χ1) is 27.6. The number of hydrogen-bond donors (Lipinski definition) is 3. The number of piperidine rings is 2. The van der Waals surface area contributed by atoms with Gasteiger partial charge in [0.25, 0.3) is 0 Å². The van der Waals surface area contributed by atoms with Crippen molar-refractivity contribution in [2.24, 2.45) is 23.7 Å². The smallest absolute Gasteiger partial charge is 0.410 e. The lowest BCUT2D eigenvalue weighted by Gasteiger charge is -2.29. The summed E-state index contributed by atoms with van der Waals surface area (Å²) >= 11 is 0. The van der Waals surface area contributed by atoms with Gasteiger partial charge >= 0.3 is 18.3 Å². The molecular formula is C47H57ClN4O6. The van der Waals surface area contributed by atoms with Crippen molar-refractivity contribution in [1.82, 2.24) is 20.9 Å². The van der Waals surface area contributed by atoms with Crippen molar-refractivity contribution in [2.75, 3.05) is 39.3 Å². The molecule has 2 aliphatic carbocycles. The molecule has 8 rings (SSSR count). The molecule has 6 unspecified atom stereocenters. The second-order valence-electron chi connectivity index (χ2n) is 16.8. The van der Waals surface area contributed by atoms with Crippen LogP contribution in [0.4, 0.5) is 14.4 Å². The van der Waals surface area contributed by atoms with Crippen LogP contribution in [0.5, 0.6) is 0 Å². The third-order valence-corrected chi connectivity index (χ3v) is 12.3. The van der Waals surface area contributed by atoms with Crippen molar-refractivity contribution in [2.45, 2.75) is 63.3 Å². The van der Waals surface area contributed by atoms with Crippen LogP contribution in [0.2, 0.25) is 0 Å². The summed E-state index contributed by atoms with van der Waals surface area (Å²) in [5.74, 6) is 1.93. The highest BCUT2D eigenvalue weighted by Crippen LogP contribution is 2.63. The SMILES string of the molecule is CC(C)(C)OC(=O)N1CCC2C(C1)C2(CNC(=O)OCc1ccccc1)c1ccccc1.Cl.O=C(NCC1(c2ccccc2)C2CCNCC21)OCc1ccccc1. The van der Waals surface area contributed by atoms with E-state index in [0.29, 0.717) is 50.5 Å². The first kappa shape index (κ1) is 42.5. The number of likely N-dealkylation sites (tertiary alicyclic amines) is 1. The van der Waals surface area contributed by atoms with Gasteiger partial charge in [-0.25, -0.2) is 14.4 Å². The number of fused-ring (bicyclic) bond motifs is 2. The molecule has 4 aromatic rings. The van der Waals surface area contributed by atoms with Gasteiger partial charge in [0.2, 0.25) is 0 Å². The molecule has 0 radical (unpaired) electrons. The Morgan fingerprint density at radius 3 is 1.55 bits per heavy atom. The van der Waals surface area contributed by atoms with Gasteiger partial charge < -0.3 is 35.1 Å². The molecule has 58 heavy (non-hydrogen) atoms. The summed E-state index contributed by atoms with van der Waals surface area (Å²) in [6.07, 6.45) is 1.03. The molecule has 0 aromatic heterocycles. The molecule has 3 N–H and O–H groups in total. The maximum atomic E-state index is 12.6. The van der Waals surface area contributed by atoms with Crippen LogP contribution in [0.25, 0.3) is 0 Å². The molecule has 3 amide bonds. The van der Waals surface area contributed by atoms with Crippen LogP contribution in [0.1, 0.15) is 55.9 Å². The minimum absolute atomic E-state index is 0. The maximum Gasteiger partial charge on any atom is 0.410 e. The maximum absolute atomic E-state index is 12.6. The van der Waals surface area contributed by atoms with Gasteiger partial charge in [-0.15, -0.1) is 12.4 Å². The molecule has 2 saturated carbocycles. The normalized spacial score (nSPS) is 25.1. The third-order valence-electron chi connectivity index (χ3n) is 12.3. The number of carbonyl (C=O) groups is 3. The molecule has 308 valence electrons. The Kier molecular flexibility index (Phi) is 13.7. The first-order valence-corrected chi connectivity index (χ1v) is 20.3. The number of amides is 3. The van der Waals surface area contributed by atoms with Gasteiger partial charge in [0, 0.05) is 37.0 Å². The predicted molar refractivity (Wildman–Crippen MR) is 227 cm³/mol. The van der Waals surface area contributed by atoms with Crippen molar-refractivity contribution < 1.29 is 28.6 Å². The fraction of sp³-hybridized carbons (Fsp3) is 0.426. The molecule has 11 heteroatoms. The Morgan fingerprint density at radius 2 is 1.10 bits per heavy atom. The summed E-state index contributed by atoms with van der Waals surface area (Å²) in [6.45, 7) is 10.7. The van der Waals surface area contributed by atoms with Crippen LogP contribution in [-0.4, -0.2) is 68.0 Å². The van der Waals surface area contributed by atoms with Crippen LogP contribution in [0, 0.1) is 23.7 Å². The number of alkyl carbamates (subject to hydrolysis) is 2. The average Bonchev–Trinajstić information content (AvgIpc) is 4.12. The number of rotatable bonds is 10. The summed E-state index contributed by atoms with van der Waals surface area (Å²) in [6, 6.07) is 40.3. The molecule has 4 aliphatic rings. The van der Waals surface area contributed by atoms with E-state index in [0.717, 1.165) is 30.6 Å². The molecule has 2 heterocycles. The van der Waals surface area contributed by atoms with Crippen molar-refractivity contribution in [3.63, 3.8) is 0 Å². The Balaban J connectivity index is 0.000000198. The van der Waals surface area contributed by atoms with E-state index in [9.17, 15) is 14.4 Å². The highest BCUT2D eigenvalue weighted by molar-refractivity contribution is 5.85. The lowest BCUT2D eigenvalue weighted by molar-refractivity contribution is 0.0206. The molecule has 2 aliphatic heterocycles. The molecule has 10 nitrogen and oxygen atoms in total. The third kappa shape index (κ3) is 9.79. The zero-order valence-corrected chi connectivity index (χ0v) is 34.5. The monoisotopic (exact) mass is 808 g/mol. The minimum Gasteiger partial charge on any atom is -0.445 e. The number of nitrogens with one attached hydrogen (secondary N) is 3. The summed E-state index contributed by atoms with van der Waals surface area (Å²) in [5, 5.41) is 9.51. The van der Waals surface area contributed by atoms with Crippen LogP contribution in [0.15, 0.2) is 121 Å². The van der Waals surface area contributed by atoms with Crippen molar-refractivity contribution >= 4 is 30.7 Å². The molecular weight excluding hydrogens is 752 g/mol. The van der Waals surface area contributed by atoms with E-state index in [1.807, 2.05) is 111 Å². The van der Waals surface area contributed by atoms with E-state index >= 15 is 0 Å². The Labute approximate surface area is 348 Å². The van der Waals surface area contributed by atoms with Crippen molar-refractivity contribution in [3.05, 3.63) is 144 Å². The van der Waals surface area contributed by atoms with E-state index in [-0.39, 0.29) is 47.9 Å². The predicted octanol–water partition coefficient (Wildman–Crippen LogP) is 8.25. The van der Waals surface area contributed by atoms with Crippen LogP contribution >= 0.6 is 12.4 Å². The quantitative estimate of drug-likeness (QED) is 0.138. The zero-order valence-electron chi connectivity index (χ0n) is 33.7. The number of benzene rings is 4. The van der Waals surface area contributed by atoms with Crippen molar-refractivity contribution in [3.8, 4) is 0 Å². The number of hydrogen-bond acceptors (Lipinski definition) is 7. The number of ether oxygens (including phenoxy) is 3. The Hall–Kier alpha value is -5.06. The number of carbonyl (C=O) groups excluding carboxylic acids is 3. The molecule has 4 fully saturated rings. The van der Waals surface area contributed by atoms with Gasteiger partial charge in [-0.05, 0) is 92.6 Å². The lowest BCUT2D eigenvalue weighted by atomic mass is 9.91. The largest absolute Gasteiger partial charge is 0.445 e. The lowest BCUT2D eigenvalue weighted by Crippen LogP contribution is -2.41. The van der Waals surface area contributed by atoms with E-state index in [1.54, 1.807) is 0 Å². The van der Waals surface area contributed by atoms with Gasteiger partial charge in [0.1, 0.15) is 18.8 Å². The first-order valence-electron chi connectivity index (χ1n) is 20.3. The van der Waals surface area contributed by atoms with Gasteiger partial charge in [-0.2, -0.15) is 0 Å². The number of halogens is 1. The molecule has 6 atom stereocenters. The van der Waals surface area contributed by atoms with Crippen molar-refractivity contribution in [1.29, 1.82) is 0 Å². The fourth-order valence-corrected chi connectivity index (χ4v) is 9.44. The summed E-state index contributed by atoms with van der Waals surface area (Å²) < 4.78 is 16.4. The van der Waals surface area contributed by atoms with Gasteiger partial charge in [0.05, 0.1) is 0 Å². The van der Waals surface area contributed by atoms with E-state index in [1.165, 1.54) is 17.5 Å². The summed E-state index contributed by atoms with van der Waals surface area (Å²) in [5.41, 5.74) is 3.83. The molecule has 2 saturated heterocycles. The second kappa shape index (κ2) is 18.7. The topological polar surface area (TPSA) is 118 Å². The molecule has 4 aromatic carbocycles. The van der Waals surface area contributed by atoms with Gasteiger partial charge in [-0.1, -0.05) is 121 Å².